The molecule has 0 unspecified atom stereocenters. The quantitative estimate of drug-likeness (QED) is 0.840. The molecule has 1 saturated heterocycles. The lowest BCUT2D eigenvalue weighted by Gasteiger charge is -2.32. The molecule has 2 aromatic carbocycles. The van der Waals surface area contributed by atoms with Gasteiger partial charge in [-0.25, -0.2) is 0 Å². The molecule has 1 spiro atoms. The molecule has 0 aliphatic carbocycles. The molecule has 0 atom stereocenters. The molecular weight excluding hydrogens is 342 g/mol. The summed E-state index contributed by atoms with van der Waals surface area (Å²) in [6, 6.07) is 14.9. The van der Waals surface area contributed by atoms with Gasteiger partial charge in [-0.3, -0.25) is 4.79 Å². The van der Waals surface area contributed by atoms with Crippen LogP contribution in [0.15, 0.2) is 48.5 Å². The Hall–Kier alpha value is -2.08. The molecule has 1 amide bonds. The van der Waals surface area contributed by atoms with Crippen LogP contribution in [-0.4, -0.2) is 32.3 Å². The maximum absolute atomic E-state index is 13.1. The number of hydrogen-bond donors (Lipinski definition) is 0. The molecule has 4 rings (SSSR count). The fourth-order valence-corrected chi connectivity index (χ4v) is 3.52. The summed E-state index contributed by atoms with van der Waals surface area (Å²) in [5, 5.41) is 0.500. The molecule has 0 radical (unpaired) electrons. The van der Waals surface area contributed by atoms with E-state index in [1.165, 1.54) is 0 Å². The van der Waals surface area contributed by atoms with Crippen molar-refractivity contribution >= 4 is 23.2 Å². The van der Waals surface area contributed by atoms with E-state index in [0.29, 0.717) is 42.6 Å². The first-order valence-corrected chi connectivity index (χ1v) is 8.67. The summed E-state index contributed by atoms with van der Waals surface area (Å²) in [5.41, 5.74) is 1.32. The van der Waals surface area contributed by atoms with Crippen LogP contribution in [-0.2, 0) is 20.1 Å². The number of rotatable bonds is 4. The second-order valence-corrected chi connectivity index (χ2v) is 6.33. The molecule has 2 aliphatic rings. The number of anilines is 1. The number of benzene rings is 2. The fourth-order valence-electron chi connectivity index (χ4n) is 3.25. The minimum absolute atomic E-state index is 0.244. The molecule has 6 heteroatoms. The molecule has 0 N–H and O–H groups in total. The summed E-state index contributed by atoms with van der Waals surface area (Å²) < 4.78 is 17.3. The van der Waals surface area contributed by atoms with Gasteiger partial charge in [0.05, 0.1) is 30.5 Å². The summed E-state index contributed by atoms with van der Waals surface area (Å²) in [4.78, 5) is 14.7. The number of halogens is 1. The van der Waals surface area contributed by atoms with Crippen molar-refractivity contribution in [1.82, 2.24) is 0 Å². The lowest BCUT2D eigenvalue weighted by Crippen LogP contribution is -2.48. The lowest BCUT2D eigenvalue weighted by atomic mass is 10.1. The van der Waals surface area contributed by atoms with Gasteiger partial charge in [0, 0.05) is 5.56 Å². The third-order valence-corrected chi connectivity index (χ3v) is 4.67. The zero-order valence-corrected chi connectivity index (χ0v) is 14.4. The second-order valence-electron chi connectivity index (χ2n) is 5.92. The number of hydrogen-bond acceptors (Lipinski definition) is 4. The summed E-state index contributed by atoms with van der Waals surface area (Å²) in [6.45, 7) is 1.66. The summed E-state index contributed by atoms with van der Waals surface area (Å²) >= 11 is 6.38. The molecule has 0 aromatic heterocycles. The Bertz CT molecular complexity index is 774. The first-order chi connectivity index (χ1) is 12.2. The highest BCUT2D eigenvalue weighted by molar-refractivity contribution is 6.35. The molecule has 1 fully saturated rings. The van der Waals surface area contributed by atoms with Crippen LogP contribution < -0.4 is 9.64 Å². The molecule has 130 valence electrons. The van der Waals surface area contributed by atoms with Gasteiger partial charge in [-0.1, -0.05) is 41.9 Å². The second kappa shape index (κ2) is 6.67. The van der Waals surface area contributed by atoms with E-state index in [4.69, 9.17) is 25.8 Å². The SMILES string of the molecule is O=C1N(CCOc2ccccc2)c2c(Cl)cccc2C12OCCCO2. The predicted octanol–water partition coefficient (Wildman–Crippen LogP) is 3.36. The average molecular weight is 360 g/mol. The molecular formula is C19H18ClNO4. The van der Waals surface area contributed by atoms with Crippen molar-refractivity contribution in [3.05, 3.63) is 59.1 Å². The van der Waals surface area contributed by atoms with Crippen LogP contribution in [0, 0.1) is 0 Å². The Morgan fingerprint density at radius 1 is 1.08 bits per heavy atom. The first kappa shape index (κ1) is 16.4. The van der Waals surface area contributed by atoms with Crippen molar-refractivity contribution in [2.75, 3.05) is 31.3 Å². The Balaban J connectivity index is 1.59. The molecule has 2 aromatic rings. The summed E-state index contributed by atoms with van der Waals surface area (Å²) in [7, 11) is 0. The number of ether oxygens (including phenoxy) is 3. The van der Waals surface area contributed by atoms with Crippen LogP contribution in [0.4, 0.5) is 5.69 Å². The topological polar surface area (TPSA) is 48.0 Å². The van der Waals surface area contributed by atoms with E-state index in [0.717, 1.165) is 12.2 Å². The van der Waals surface area contributed by atoms with Crippen LogP contribution >= 0.6 is 11.6 Å². The third kappa shape index (κ3) is 2.78. The van der Waals surface area contributed by atoms with Crippen LogP contribution in [0.5, 0.6) is 5.75 Å². The van der Waals surface area contributed by atoms with Gasteiger partial charge < -0.3 is 19.1 Å². The Labute approximate surface area is 151 Å². The van der Waals surface area contributed by atoms with Gasteiger partial charge in [-0.15, -0.1) is 0 Å². The Morgan fingerprint density at radius 3 is 2.60 bits per heavy atom. The minimum Gasteiger partial charge on any atom is -0.492 e. The standard InChI is InChI=1S/C19H18ClNO4/c20-16-9-4-8-15-17(16)21(10-13-23-14-6-2-1-3-7-14)18(22)19(15)24-11-5-12-25-19/h1-4,6-9H,5,10-13H2. The number of para-hydroxylation sites is 2. The van der Waals surface area contributed by atoms with E-state index in [2.05, 4.69) is 0 Å². The van der Waals surface area contributed by atoms with Crippen LogP contribution in [0.25, 0.3) is 0 Å². The van der Waals surface area contributed by atoms with Crippen LogP contribution in [0.2, 0.25) is 5.02 Å². The van der Waals surface area contributed by atoms with Crippen molar-refractivity contribution in [3.8, 4) is 5.75 Å². The maximum Gasteiger partial charge on any atom is 0.292 e. The third-order valence-electron chi connectivity index (χ3n) is 4.36. The molecule has 5 nitrogen and oxygen atoms in total. The zero-order valence-electron chi connectivity index (χ0n) is 13.6. The highest BCUT2D eigenvalue weighted by Gasteiger charge is 2.55. The predicted molar refractivity (Wildman–Crippen MR) is 93.9 cm³/mol. The highest BCUT2D eigenvalue weighted by Crippen LogP contribution is 2.48. The van der Waals surface area contributed by atoms with Gasteiger partial charge >= 0.3 is 0 Å². The van der Waals surface area contributed by atoms with E-state index in [-0.39, 0.29) is 5.91 Å². The van der Waals surface area contributed by atoms with Gasteiger partial charge in [0.2, 0.25) is 0 Å². The van der Waals surface area contributed by atoms with Crippen LogP contribution in [0.1, 0.15) is 12.0 Å². The fraction of sp³-hybridized carbons (Fsp3) is 0.316. The lowest BCUT2D eigenvalue weighted by molar-refractivity contribution is -0.256. The van der Waals surface area contributed by atoms with Gasteiger partial charge in [0.25, 0.3) is 11.7 Å². The van der Waals surface area contributed by atoms with Gasteiger partial charge in [-0.05, 0) is 24.6 Å². The van der Waals surface area contributed by atoms with E-state index in [9.17, 15) is 4.79 Å². The van der Waals surface area contributed by atoms with Crippen molar-refractivity contribution in [2.45, 2.75) is 12.2 Å². The number of carbonyl (C=O) groups excluding carboxylic acids is 1. The molecule has 2 heterocycles. The Morgan fingerprint density at radius 2 is 1.84 bits per heavy atom. The number of amides is 1. The number of carbonyl (C=O) groups is 1. The van der Waals surface area contributed by atoms with Gasteiger partial charge in [-0.2, -0.15) is 0 Å². The highest BCUT2D eigenvalue weighted by atomic mass is 35.5. The Kier molecular flexibility index (Phi) is 4.37. The van der Waals surface area contributed by atoms with Crippen LogP contribution in [0.3, 0.4) is 0 Å². The van der Waals surface area contributed by atoms with E-state index < -0.39 is 5.79 Å². The van der Waals surface area contributed by atoms with E-state index >= 15 is 0 Å². The molecule has 2 aliphatic heterocycles. The largest absolute Gasteiger partial charge is 0.492 e. The normalized spacial score (nSPS) is 18.4. The van der Waals surface area contributed by atoms with Crippen molar-refractivity contribution in [2.24, 2.45) is 0 Å². The minimum atomic E-state index is -1.37. The zero-order chi connectivity index (χ0) is 17.3. The van der Waals surface area contributed by atoms with Crippen molar-refractivity contribution in [1.29, 1.82) is 0 Å². The van der Waals surface area contributed by atoms with Crippen molar-refractivity contribution < 1.29 is 19.0 Å². The van der Waals surface area contributed by atoms with Gasteiger partial charge in [0.15, 0.2) is 0 Å². The molecule has 25 heavy (non-hydrogen) atoms. The summed E-state index contributed by atoms with van der Waals surface area (Å²) in [5.74, 6) is -0.856. The number of fused-ring (bicyclic) bond motifs is 2. The van der Waals surface area contributed by atoms with Crippen molar-refractivity contribution in [3.63, 3.8) is 0 Å². The van der Waals surface area contributed by atoms with Gasteiger partial charge in [0.1, 0.15) is 12.4 Å². The van der Waals surface area contributed by atoms with E-state index in [1.54, 1.807) is 11.0 Å². The average Bonchev–Trinajstić information content (AvgIpc) is 2.87. The summed E-state index contributed by atoms with van der Waals surface area (Å²) in [6.07, 6.45) is 0.766. The first-order valence-electron chi connectivity index (χ1n) is 8.29. The number of nitrogens with zero attached hydrogens (tertiary/aromatic N) is 1. The molecule has 0 bridgehead atoms. The van der Waals surface area contributed by atoms with E-state index in [1.807, 2.05) is 42.5 Å². The molecule has 0 saturated carbocycles. The maximum atomic E-state index is 13.1. The monoisotopic (exact) mass is 359 g/mol. The smallest absolute Gasteiger partial charge is 0.292 e.